The normalized spacial score (nSPS) is 17.7. The summed E-state index contributed by atoms with van der Waals surface area (Å²) >= 11 is 0. The van der Waals surface area contributed by atoms with E-state index >= 15 is 0 Å². The van der Waals surface area contributed by atoms with E-state index in [1.807, 2.05) is 48.5 Å². The number of hydrogen-bond acceptors (Lipinski definition) is 4. The summed E-state index contributed by atoms with van der Waals surface area (Å²) in [6, 6.07) is 17.9. The Bertz CT molecular complexity index is 776. The highest BCUT2D eigenvalue weighted by atomic mass is 16.7. The van der Waals surface area contributed by atoms with Crippen LogP contribution in [0.15, 0.2) is 48.5 Å². The van der Waals surface area contributed by atoms with E-state index in [-0.39, 0.29) is 18.3 Å². The maximum atomic E-state index is 8.70. The summed E-state index contributed by atoms with van der Waals surface area (Å²) in [5.41, 5.74) is 2.40. The molecule has 134 valence electrons. The van der Waals surface area contributed by atoms with Gasteiger partial charge in [-0.25, -0.2) is 0 Å². The summed E-state index contributed by atoms with van der Waals surface area (Å²) in [5.74, 6) is 0.793. The van der Waals surface area contributed by atoms with Crippen molar-refractivity contribution in [2.45, 2.75) is 51.9 Å². The molecule has 2 aromatic carbocycles. The van der Waals surface area contributed by atoms with E-state index in [0.29, 0.717) is 13.0 Å². The van der Waals surface area contributed by atoms with Crippen LogP contribution in [0.2, 0.25) is 0 Å². The van der Waals surface area contributed by atoms with Crippen LogP contribution in [0.1, 0.15) is 38.8 Å². The van der Waals surface area contributed by atoms with Gasteiger partial charge in [0.2, 0.25) is 0 Å². The standard InChI is InChI=1S/C21H24BNO3/c1-20(2)21(3,4)26-22(25-20)18-9-5-17(6-10-18)15-24-19-11-7-16(8-12-19)13-14-23/h5-12H,13,15H2,1-4H3. The number of ether oxygens (including phenoxy) is 1. The zero-order valence-electron chi connectivity index (χ0n) is 15.8. The van der Waals surface area contributed by atoms with Gasteiger partial charge in [0.15, 0.2) is 0 Å². The summed E-state index contributed by atoms with van der Waals surface area (Å²) in [7, 11) is -0.345. The topological polar surface area (TPSA) is 51.5 Å². The predicted octanol–water partition coefficient (Wildman–Crippen LogP) is 3.63. The van der Waals surface area contributed by atoms with Crippen molar-refractivity contribution in [1.29, 1.82) is 5.26 Å². The molecule has 1 fully saturated rings. The fraction of sp³-hybridized carbons (Fsp3) is 0.381. The Balaban J connectivity index is 1.59. The first-order valence-corrected chi connectivity index (χ1v) is 8.84. The van der Waals surface area contributed by atoms with Crippen LogP contribution in [0, 0.1) is 11.3 Å². The molecule has 1 heterocycles. The predicted molar refractivity (Wildman–Crippen MR) is 102 cm³/mol. The van der Waals surface area contributed by atoms with Gasteiger partial charge in [-0.1, -0.05) is 36.4 Å². The van der Waals surface area contributed by atoms with E-state index in [2.05, 4.69) is 33.8 Å². The summed E-state index contributed by atoms with van der Waals surface area (Å²) in [4.78, 5) is 0. The molecular weight excluding hydrogens is 325 g/mol. The second-order valence-electron chi connectivity index (χ2n) is 7.60. The maximum absolute atomic E-state index is 8.70. The van der Waals surface area contributed by atoms with Gasteiger partial charge in [-0.15, -0.1) is 0 Å². The van der Waals surface area contributed by atoms with Crippen LogP contribution >= 0.6 is 0 Å². The SMILES string of the molecule is CC1(C)OB(c2ccc(COc3ccc(CC#N)cc3)cc2)OC1(C)C. The van der Waals surface area contributed by atoms with Crippen LogP contribution in [-0.2, 0) is 22.3 Å². The molecule has 4 nitrogen and oxygen atoms in total. The zero-order valence-corrected chi connectivity index (χ0v) is 15.8. The van der Waals surface area contributed by atoms with E-state index in [1.165, 1.54) is 0 Å². The number of rotatable bonds is 5. The summed E-state index contributed by atoms with van der Waals surface area (Å²) in [6.45, 7) is 8.70. The molecule has 0 unspecified atom stereocenters. The maximum Gasteiger partial charge on any atom is 0.494 e. The minimum Gasteiger partial charge on any atom is -0.489 e. The molecule has 0 spiro atoms. The quantitative estimate of drug-likeness (QED) is 0.774. The highest BCUT2D eigenvalue weighted by Gasteiger charge is 2.51. The molecule has 0 amide bonds. The molecule has 2 aromatic rings. The second-order valence-corrected chi connectivity index (χ2v) is 7.60. The molecule has 3 rings (SSSR count). The Labute approximate surface area is 155 Å². The van der Waals surface area contributed by atoms with Crippen LogP contribution in [0.5, 0.6) is 5.75 Å². The van der Waals surface area contributed by atoms with Crippen molar-refractivity contribution < 1.29 is 14.0 Å². The van der Waals surface area contributed by atoms with Crippen molar-refractivity contribution in [2.75, 3.05) is 0 Å². The molecule has 0 aliphatic carbocycles. The Hall–Kier alpha value is -2.29. The molecule has 26 heavy (non-hydrogen) atoms. The van der Waals surface area contributed by atoms with Crippen LogP contribution in [0.25, 0.3) is 0 Å². The van der Waals surface area contributed by atoms with Gasteiger partial charge >= 0.3 is 7.12 Å². The van der Waals surface area contributed by atoms with Crippen molar-refractivity contribution in [2.24, 2.45) is 0 Å². The van der Waals surface area contributed by atoms with Crippen LogP contribution < -0.4 is 10.2 Å². The smallest absolute Gasteiger partial charge is 0.489 e. The van der Waals surface area contributed by atoms with Gasteiger partial charge in [-0.05, 0) is 56.4 Å². The van der Waals surface area contributed by atoms with Gasteiger partial charge in [-0.3, -0.25) is 0 Å². The van der Waals surface area contributed by atoms with Crippen molar-refractivity contribution in [3.63, 3.8) is 0 Å². The van der Waals surface area contributed by atoms with Crippen molar-refractivity contribution in [3.8, 4) is 11.8 Å². The third-order valence-corrected chi connectivity index (χ3v) is 5.12. The molecule has 0 bridgehead atoms. The minimum atomic E-state index is -0.345. The third kappa shape index (κ3) is 3.93. The van der Waals surface area contributed by atoms with Gasteiger partial charge in [0, 0.05) is 0 Å². The molecule has 1 aliphatic rings. The summed E-state index contributed by atoms with van der Waals surface area (Å²) in [5, 5.41) is 8.70. The van der Waals surface area contributed by atoms with Crippen molar-refractivity contribution in [3.05, 3.63) is 59.7 Å². The first-order valence-electron chi connectivity index (χ1n) is 8.84. The number of benzene rings is 2. The molecule has 0 saturated carbocycles. The van der Waals surface area contributed by atoms with Crippen LogP contribution in [0.3, 0.4) is 0 Å². The Morgan fingerprint density at radius 2 is 1.42 bits per heavy atom. The lowest BCUT2D eigenvalue weighted by Gasteiger charge is -2.32. The lowest BCUT2D eigenvalue weighted by Crippen LogP contribution is -2.41. The van der Waals surface area contributed by atoms with Crippen LogP contribution in [0.4, 0.5) is 0 Å². The highest BCUT2D eigenvalue weighted by Crippen LogP contribution is 2.36. The Morgan fingerprint density at radius 1 is 0.885 bits per heavy atom. The van der Waals surface area contributed by atoms with Gasteiger partial charge in [-0.2, -0.15) is 5.26 Å². The monoisotopic (exact) mass is 349 g/mol. The van der Waals surface area contributed by atoms with E-state index in [1.54, 1.807) is 0 Å². The van der Waals surface area contributed by atoms with Crippen LogP contribution in [-0.4, -0.2) is 18.3 Å². The van der Waals surface area contributed by atoms with E-state index in [9.17, 15) is 0 Å². The minimum absolute atomic E-state index is 0.336. The third-order valence-electron chi connectivity index (χ3n) is 5.12. The zero-order chi connectivity index (χ0) is 18.8. The number of nitriles is 1. The Kier molecular flexibility index (Phi) is 5.09. The molecule has 0 N–H and O–H groups in total. The van der Waals surface area contributed by atoms with E-state index in [4.69, 9.17) is 19.3 Å². The van der Waals surface area contributed by atoms with E-state index in [0.717, 1.165) is 22.3 Å². The first kappa shape index (κ1) is 18.5. The van der Waals surface area contributed by atoms with Crippen molar-refractivity contribution in [1.82, 2.24) is 0 Å². The molecule has 1 saturated heterocycles. The average Bonchev–Trinajstić information content (AvgIpc) is 2.83. The largest absolute Gasteiger partial charge is 0.494 e. The number of nitrogens with zero attached hydrogens (tertiary/aromatic N) is 1. The molecule has 0 atom stereocenters. The first-order chi connectivity index (χ1) is 12.3. The van der Waals surface area contributed by atoms with Gasteiger partial charge in [0.05, 0.1) is 23.7 Å². The summed E-state index contributed by atoms with van der Waals surface area (Å²) < 4.78 is 18.0. The fourth-order valence-corrected chi connectivity index (χ4v) is 2.71. The fourth-order valence-electron chi connectivity index (χ4n) is 2.71. The average molecular weight is 349 g/mol. The molecular formula is C21H24BNO3. The van der Waals surface area contributed by atoms with Crippen molar-refractivity contribution >= 4 is 12.6 Å². The summed E-state index contributed by atoms with van der Waals surface area (Å²) in [6.07, 6.45) is 0.417. The van der Waals surface area contributed by atoms with Gasteiger partial charge < -0.3 is 14.0 Å². The number of hydrogen-bond donors (Lipinski definition) is 0. The molecule has 0 aromatic heterocycles. The molecule has 0 radical (unpaired) electrons. The highest BCUT2D eigenvalue weighted by molar-refractivity contribution is 6.62. The lowest BCUT2D eigenvalue weighted by atomic mass is 9.79. The van der Waals surface area contributed by atoms with E-state index < -0.39 is 0 Å². The van der Waals surface area contributed by atoms with Gasteiger partial charge in [0.25, 0.3) is 0 Å². The molecule has 1 aliphatic heterocycles. The van der Waals surface area contributed by atoms with Gasteiger partial charge in [0.1, 0.15) is 12.4 Å². The Morgan fingerprint density at radius 3 is 1.96 bits per heavy atom. The molecule has 5 heteroatoms. The lowest BCUT2D eigenvalue weighted by molar-refractivity contribution is 0.00578. The second kappa shape index (κ2) is 7.15.